The van der Waals surface area contributed by atoms with E-state index in [1.54, 1.807) is 14.2 Å². The number of hydrogen-bond acceptors (Lipinski definition) is 4. The van der Waals surface area contributed by atoms with E-state index in [-0.39, 0.29) is 11.5 Å². The van der Waals surface area contributed by atoms with E-state index in [9.17, 15) is 0 Å². The predicted molar refractivity (Wildman–Crippen MR) is 56.2 cm³/mol. The maximum Gasteiger partial charge on any atom is 0.0541 e. The number of nitrogens with two attached hydrogens (primary N) is 1. The predicted octanol–water partition coefficient (Wildman–Crippen LogP) is -0.0253. The highest BCUT2D eigenvalue weighted by Gasteiger charge is 2.43. The van der Waals surface area contributed by atoms with Gasteiger partial charge in [0.1, 0.15) is 0 Å². The monoisotopic (exact) mass is 202 g/mol. The van der Waals surface area contributed by atoms with Crippen LogP contribution in [0, 0.1) is 5.41 Å². The van der Waals surface area contributed by atoms with Crippen molar-refractivity contribution in [2.24, 2.45) is 11.1 Å². The summed E-state index contributed by atoms with van der Waals surface area (Å²) in [5, 5.41) is 3.25. The second-order valence-electron chi connectivity index (χ2n) is 4.33. The summed E-state index contributed by atoms with van der Waals surface area (Å²) in [4.78, 5) is 0. The molecule has 1 aliphatic rings. The topological polar surface area (TPSA) is 56.5 Å². The van der Waals surface area contributed by atoms with Crippen LogP contribution in [0.4, 0.5) is 0 Å². The van der Waals surface area contributed by atoms with Crippen LogP contribution in [0.5, 0.6) is 0 Å². The summed E-state index contributed by atoms with van der Waals surface area (Å²) in [7, 11) is 5.42. The van der Waals surface area contributed by atoms with Crippen molar-refractivity contribution < 1.29 is 9.47 Å². The van der Waals surface area contributed by atoms with E-state index in [1.807, 2.05) is 7.05 Å². The minimum Gasteiger partial charge on any atom is -0.384 e. The zero-order chi connectivity index (χ0) is 10.6. The van der Waals surface area contributed by atoms with Gasteiger partial charge in [0.15, 0.2) is 0 Å². The number of likely N-dealkylation sites (N-methyl/N-ethyl adjacent to an activating group) is 1. The molecule has 0 saturated heterocycles. The first-order valence-electron chi connectivity index (χ1n) is 5.08. The Hall–Kier alpha value is -0.160. The molecular formula is C10H22N2O2. The highest BCUT2D eigenvalue weighted by molar-refractivity contribution is 4.99. The van der Waals surface area contributed by atoms with Crippen molar-refractivity contribution in [1.29, 1.82) is 0 Å². The van der Waals surface area contributed by atoms with Crippen LogP contribution in [-0.2, 0) is 9.47 Å². The fraction of sp³-hybridized carbons (Fsp3) is 1.00. The van der Waals surface area contributed by atoms with Gasteiger partial charge in [-0.3, -0.25) is 0 Å². The first kappa shape index (κ1) is 11.9. The molecule has 0 heterocycles. The van der Waals surface area contributed by atoms with Crippen LogP contribution in [0.3, 0.4) is 0 Å². The molecule has 14 heavy (non-hydrogen) atoms. The van der Waals surface area contributed by atoms with Crippen LogP contribution >= 0.6 is 0 Å². The van der Waals surface area contributed by atoms with Gasteiger partial charge in [-0.2, -0.15) is 0 Å². The molecule has 1 fully saturated rings. The highest BCUT2D eigenvalue weighted by atomic mass is 16.5. The molecule has 0 radical (unpaired) electrons. The Labute approximate surface area is 86.1 Å². The molecule has 4 heteroatoms. The van der Waals surface area contributed by atoms with E-state index in [0.29, 0.717) is 6.04 Å². The van der Waals surface area contributed by atoms with Crippen molar-refractivity contribution in [2.45, 2.75) is 24.9 Å². The number of rotatable bonds is 5. The van der Waals surface area contributed by atoms with Crippen LogP contribution in [0.15, 0.2) is 0 Å². The van der Waals surface area contributed by atoms with Gasteiger partial charge in [0.05, 0.1) is 13.2 Å². The number of hydrogen-bond donors (Lipinski definition) is 2. The van der Waals surface area contributed by atoms with Gasteiger partial charge in [0, 0.05) is 31.7 Å². The lowest BCUT2D eigenvalue weighted by Crippen LogP contribution is -2.38. The summed E-state index contributed by atoms with van der Waals surface area (Å²) in [6.45, 7) is 1.46. The van der Waals surface area contributed by atoms with E-state index >= 15 is 0 Å². The number of ether oxygens (including phenoxy) is 2. The van der Waals surface area contributed by atoms with Crippen molar-refractivity contribution in [3.63, 3.8) is 0 Å². The molecule has 84 valence electrons. The van der Waals surface area contributed by atoms with Gasteiger partial charge in [0.2, 0.25) is 0 Å². The lowest BCUT2D eigenvalue weighted by atomic mass is 9.88. The molecule has 0 spiro atoms. The Balaban J connectivity index is 2.61. The lowest BCUT2D eigenvalue weighted by molar-refractivity contribution is 0.0126. The zero-order valence-electron chi connectivity index (χ0n) is 9.38. The van der Waals surface area contributed by atoms with E-state index in [1.165, 1.54) is 0 Å². The van der Waals surface area contributed by atoms with Gasteiger partial charge < -0.3 is 20.5 Å². The van der Waals surface area contributed by atoms with E-state index in [0.717, 1.165) is 26.1 Å². The molecule has 1 saturated carbocycles. The average Bonchev–Trinajstić information content (AvgIpc) is 2.44. The van der Waals surface area contributed by atoms with Crippen LogP contribution < -0.4 is 11.1 Å². The minimum atomic E-state index is 0.108. The van der Waals surface area contributed by atoms with Gasteiger partial charge in [0.25, 0.3) is 0 Å². The van der Waals surface area contributed by atoms with Crippen LogP contribution in [0.25, 0.3) is 0 Å². The van der Waals surface area contributed by atoms with Gasteiger partial charge in [-0.05, 0) is 19.9 Å². The quantitative estimate of drug-likeness (QED) is 0.657. The third-order valence-corrected chi connectivity index (χ3v) is 3.11. The van der Waals surface area contributed by atoms with Gasteiger partial charge in [-0.15, -0.1) is 0 Å². The van der Waals surface area contributed by atoms with Crippen LogP contribution in [-0.4, -0.2) is 46.6 Å². The third kappa shape index (κ3) is 2.45. The first-order valence-corrected chi connectivity index (χ1v) is 5.08. The molecule has 0 aromatic rings. The molecule has 2 atom stereocenters. The number of nitrogens with one attached hydrogen (secondary N) is 1. The Morgan fingerprint density at radius 3 is 2.21 bits per heavy atom. The summed E-state index contributed by atoms with van der Waals surface area (Å²) >= 11 is 0. The summed E-state index contributed by atoms with van der Waals surface area (Å²) < 4.78 is 10.5. The molecule has 1 rings (SSSR count). The molecule has 0 aromatic carbocycles. The van der Waals surface area contributed by atoms with Crippen molar-refractivity contribution in [2.75, 3.05) is 34.5 Å². The second kappa shape index (κ2) is 5.07. The SMILES string of the molecule is CN[C@@H]1CC(COC)(COC)C[C@H]1N. The molecule has 0 aromatic heterocycles. The summed E-state index contributed by atoms with van der Waals surface area (Å²) in [6, 6.07) is 0.602. The van der Waals surface area contributed by atoms with Crippen molar-refractivity contribution in [1.82, 2.24) is 5.32 Å². The Kier molecular flexibility index (Phi) is 4.31. The standard InChI is InChI=1S/C10H22N2O2/c1-12-9-5-10(6-13-2,7-14-3)4-8(9)11/h8-9,12H,4-7,11H2,1-3H3/t8-,9-/m1/s1. The van der Waals surface area contributed by atoms with Crippen molar-refractivity contribution >= 4 is 0 Å². The Morgan fingerprint density at radius 2 is 1.86 bits per heavy atom. The van der Waals surface area contributed by atoms with Crippen molar-refractivity contribution in [3.8, 4) is 0 Å². The molecule has 4 nitrogen and oxygen atoms in total. The fourth-order valence-corrected chi connectivity index (χ4v) is 2.55. The average molecular weight is 202 g/mol. The molecular weight excluding hydrogens is 180 g/mol. The fourth-order valence-electron chi connectivity index (χ4n) is 2.55. The Morgan fingerprint density at radius 1 is 1.29 bits per heavy atom. The smallest absolute Gasteiger partial charge is 0.0541 e. The lowest BCUT2D eigenvalue weighted by Gasteiger charge is -2.27. The summed E-state index contributed by atoms with van der Waals surface area (Å²) in [5.74, 6) is 0. The van der Waals surface area contributed by atoms with Crippen LogP contribution in [0.1, 0.15) is 12.8 Å². The zero-order valence-corrected chi connectivity index (χ0v) is 9.38. The van der Waals surface area contributed by atoms with E-state index in [2.05, 4.69) is 5.32 Å². The van der Waals surface area contributed by atoms with Crippen molar-refractivity contribution in [3.05, 3.63) is 0 Å². The van der Waals surface area contributed by atoms with Gasteiger partial charge in [-0.1, -0.05) is 0 Å². The molecule has 0 aliphatic heterocycles. The molecule has 1 aliphatic carbocycles. The molecule has 0 amide bonds. The van der Waals surface area contributed by atoms with E-state index < -0.39 is 0 Å². The highest BCUT2D eigenvalue weighted by Crippen LogP contribution is 2.38. The normalized spacial score (nSPS) is 30.9. The number of methoxy groups -OCH3 is 2. The molecule has 3 N–H and O–H groups in total. The maximum absolute atomic E-state index is 6.05. The Bertz CT molecular complexity index is 170. The van der Waals surface area contributed by atoms with Crippen LogP contribution in [0.2, 0.25) is 0 Å². The first-order chi connectivity index (χ1) is 6.67. The van der Waals surface area contributed by atoms with Gasteiger partial charge >= 0.3 is 0 Å². The summed E-state index contributed by atoms with van der Waals surface area (Å²) in [5.41, 5.74) is 6.16. The molecule has 0 unspecified atom stereocenters. The van der Waals surface area contributed by atoms with Gasteiger partial charge in [-0.25, -0.2) is 0 Å². The van der Waals surface area contributed by atoms with E-state index in [4.69, 9.17) is 15.2 Å². The third-order valence-electron chi connectivity index (χ3n) is 3.11. The minimum absolute atomic E-state index is 0.108. The summed E-state index contributed by atoms with van der Waals surface area (Å²) in [6.07, 6.45) is 2.01. The molecule has 0 bridgehead atoms. The largest absolute Gasteiger partial charge is 0.384 e. The maximum atomic E-state index is 6.05. The second-order valence-corrected chi connectivity index (χ2v) is 4.33.